The lowest BCUT2D eigenvalue weighted by Crippen LogP contribution is -2.63. The van der Waals surface area contributed by atoms with Gasteiger partial charge in [-0.1, -0.05) is 13.0 Å². The first-order valence-electron chi connectivity index (χ1n) is 14.8. The van der Waals surface area contributed by atoms with Crippen LogP contribution in [0.3, 0.4) is 0 Å². The molecule has 0 bridgehead atoms. The number of hydrogen-bond donors (Lipinski definition) is 0. The van der Waals surface area contributed by atoms with Crippen molar-refractivity contribution >= 4 is 34.8 Å². The predicted octanol–water partition coefficient (Wildman–Crippen LogP) is 3.52. The maximum Gasteiger partial charge on any atom is 0.303 e. The standard InChI is InChI=1S/C33H34O14/c1-7-20-10-22-25(42-15(2)28(29(22)38)21-8-9-23-26(11-21)41-14-40-23)12-24(20)46-33-32(45-19(6)37)31(44-18(5)36)30(43-17(4)35)27(47-33)13-39-16(3)34/h8-12,27,30-33H,7,13-14H2,1-6H3/t27-,30+,31-,32+,33+/m0/s1. The summed E-state index contributed by atoms with van der Waals surface area (Å²) >= 11 is 0. The Morgan fingerprint density at radius 1 is 0.830 bits per heavy atom. The van der Waals surface area contributed by atoms with Crippen LogP contribution in [0.4, 0.5) is 0 Å². The van der Waals surface area contributed by atoms with Gasteiger partial charge in [0.25, 0.3) is 0 Å². The number of benzene rings is 2. The molecular weight excluding hydrogens is 620 g/mol. The van der Waals surface area contributed by atoms with E-state index in [4.69, 9.17) is 42.3 Å². The third kappa shape index (κ3) is 7.17. The van der Waals surface area contributed by atoms with E-state index in [0.29, 0.717) is 40.4 Å². The summed E-state index contributed by atoms with van der Waals surface area (Å²) in [6.07, 6.45) is -6.44. The Hall–Kier alpha value is -5.11. The first-order chi connectivity index (χ1) is 22.4. The van der Waals surface area contributed by atoms with Crippen LogP contribution in [0.1, 0.15) is 45.9 Å². The lowest BCUT2D eigenvalue weighted by molar-refractivity contribution is -0.288. The molecule has 0 unspecified atom stereocenters. The SMILES string of the molecule is CCc1cc2c(=O)c(-c3ccc4c(c3)OCO4)c(C)oc2cc1O[C@@H]1O[C@@H](COC(C)=O)[C@@H](OC(C)=O)[C@H](OC(C)=O)[C@H]1OC(C)=O. The third-order valence-electron chi connectivity index (χ3n) is 7.48. The highest BCUT2D eigenvalue weighted by molar-refractivity contribution is 5.85. The first-order valence-corrected chi connectivity index (χ1v) is 14.8. The van der Waals surface area contributed by atoms with Crippen molar-refractivity contribution in [2.45, 2.75) is 78.7 Å². The van der Waals surface area contributed by atoms with Gasteiger partial charge < -0.3 is 42.3 Å². The van der Waals surface area contributed by atoms with Gasteiger partial charge in [-0.3, -0.25) is 24.0 Å². The molecule has 1 aromatic heterocycles. The molecule has 3 aromatic rings. The number of rotatable bonds is 9. The Bertz CT molecular complexity index is 1780. The van der Waals surface area contributed by atoms with E-state index in [1.807, 2.05) is 6.92 Å². The van der Waals surface area contributed by atoms with Crippen LogP contribution in [-0.4, -0.2) is 68.0 Å². The molecule has 1 fully saturated rings. The van der Waals surface area contributed by atoms with E-state index in [9.17, 15) is 24.0 Å². The highest BCUT2D eigenvalue weighted by atomic mass is 16.7. The molecule has 5 atom stereocenters. The van der Waals surface area contributed by atoms with Gasteiger partial charge in [-0.05, 0) is 42.7 Å². The van der Waals surface area contributed by atoms with E-state index >= 15 is 0 Å². The summed E-state index contributed by atoms with van der Waals surface area (Å²) in [5, 5.41) is 0.286. The molecule has 5 rings (SSSR count). The monoisotopic (exact) mass is 654 g/mol. The smallest absolute Gasteiger partial charge is 0.303 e. The highest BCUT2D eigenvalue weighted by Crippen LogP contribution is 2.38. The van der Waals surface area contributed by atoms with Crippen molar-refractivity contribution in [2.75, 3.05) is 13.4 Å². The van der Waals surface area contributed by atoms with E-state index in [0.717, 1.165) is 20.8 Å². The average molecular weight is 655 g/mol. The number of aryl methyl sites for hydroxylation is 2. The summed E-state index contributed by atoms with van der Waals surface area (Å²) in [5.74, 6) is -1.30. The quantitative estimate of drug-likeness (QED) is 0.242. The predicted molar refractivity (Wildman–Crippen MR) is 161 cm³/mol. The van der Waals surface area contributed by atoms with E-state index < -0.39 is 61.2 Å². The van der Waals surface area contributed by atoms with Crippen LogP contribution in [-0.2, 0) is 49.3 Å². The zero-order chi connectivity index (χ0) is 34.0. The molecule has 2 aliphatic rings. The van der Waals surface area contributed by atoms with Gasteiger partial charge in [0.15, 0.2) is 23.7 Å². The number of esters is 4. The molecule has 0 spiro atoms. The van der Waals surface area contributed by atoms with E-state index in [-0.39, 0.29) is 28.9 Å². The summed E-state index contributed by atoms with van der Waals surface area (Å²) in [6.45, 7) is 7.76. The Morgan fingerprint density at radius 2 is 1.49 bits per heavy atom. The van der Waals surface area contributed by atoms with Gasteiger partial charge in [-0.2, -0.15) is 0 Å². The minimum atomic E-state index is -1.46. The summed E-state index contributed by atoms with van der Waals surface area (Å²) < 4.78 is 50.9. The summed E-state index contributed by atoms with van der Waals surface area (Å²) in [5.41, 5.74) is 1.44. The normalized spacial score (nSPS) is 21.5. The molecule has 14 nitrogen and oxygen atoms in total. The van der Waals surface area contributed by atoms with Gasteiger partial charge >= 0.3 is 23.9 Å². The number of fused-ring (bicyclic) bond motifs is 2. The van der Waals surface area contributed by atoms with Gasteiger partial charge in [0, 0.05) is 33.8 Å². The number of hydrogen-bond acceptors (Lipinski definition) is 14. The topological polar surface area (TPSA) is 172 Å². The summed E-state index contributed by atoms with van der Waals surface area (Å²) in [7, 11) is 0. The second-order valence-corrected chi connectivity index (χ2v) is 10.9. The van der Waals surface area contributed by atoms with Crippen LogP contribution in [0.2, 0.25) is 0 Å². The third-order valence-corrected chi connectivity index (χ3v) is 7.48. The van der Waals surface area contributed by atoms with E-state index in [1.165, 1.54) is 13.0 Å². The van der Waals surface area contributed by atoms with Crippen LogP contribution >= 0.6 is 0 Å². The van der Waals surface area contributed by atoms with Crippen LogP contribution < -0.4 is 19.6 Å². The van der Waals surface area contributed by atoms with Gasteiger partial charge in [-0.25, -0.2) is 0 Å². The van der Waals surface area contributed by atoms with Crippen molar-refractivity contribution < 1.29 is 61.5 Å². The van der Waals surface area contributed by atoms with Crippen LogP contribution in [0.15, 0.2) is 39.5 Å². The Kier molecular flexibility index (Phi) is 9.70. The second kappa shape index (κ2) is 13.7. The molecule has 1 saturated heterocycles. The fourth-order valence-electron chi connectivity index (χ4n) is 5.56. The molecule has 0 aliphatic carbocycles. The molecule has 0 radical (unpaired) electrons. The molecule has 250 valence electrons. The summed E-state index contributed by atoms with van der Waals surface area (Å²) in [6, 6.07) is 8.35. The number of carbonyl (C=O) groups excluding carboxylic acids is 4. The molecule has 0 amide bonds. The molecule has 2 aliphatic heterocycles. The molecule has 14 heteroatoms. The van der Waals surface area contributed by atoms with Crippen molar-refractivity contribution in [1.29, 1.82) is 0 Å². The van der Waals surface area contributed by atoms with Crippen LogP contribution in [0.5, 0.6) is 17.2 Å². The minimum absolute atomic E-state index is 0.0896. The molecule has 3 heterocycles. The van der Waals surface area contributed by atoms with Gasteiger partial charge in [0.05, 0.1) is 10.9 Å². The number of carbonyl (C=O) groups is 4. The van der Waals surface area contributed by atoms with Gasteiger partial charge in [-0.15, -0.1) is 0 Å². The van der Waals surface area contributed by atoms with Crippen molar-refractivity contribution in [2.24, 2.45) is 0 Å². The van der Waals surface area contributed by atoms with E-state index in [1.54, 1.807) is 31.2 Å². The fraction of sp³-hybridized carbons (Fsp3) is 0.424. The average Bonchev–Trinajstić information content (AvgIpc) is 3.46. The zero-order valence-electron chi connectivity index (χ0n) is 26.6. The van der Waals surface area contributed by atoms with Crippen LogP contribution in [0.25, 0.3) is 22.1 Å². The van der Waals surface area contributed by atoms with Crippen molar-refractivity contribution in [3.8, 4) is 28.4 Å². The Balaban J connectivity index is 1.56. The molecule has 47 heavy (non-hydrogen) atoms. The van der Waals surface area contributed by atoms with Crippen molar-refractivity contribution in [3.05, 3.63) is 51.9 Å². The largest absolute Gasteiger partial charge is 0.463 e. The maximum absolute atomic E-state index is 13.8. The lowest BCUT2D eigenvalue weighted by Gasteiger charge is -2.44. The van der Waals surface area contributed by atoms with Crippen molar-refractivity contribution in [3.63, 3.8) is 0 Å². The molecular formula is C33H34O14. The second-order valence-electron chi connectivity index (χ2n) is 10.9. The Labute approximate surface area is 268 Å². The van der Waals surface area contributed by atoms with E-state index in [2.05, 4.69) is 0 Å². The van der Waals surface area contributed by atoms with Crippen LogP contribution in [0, 0.1) is 6.92 Å². The zero-order valence-corrected chi connectivity index (χ0v) is 26.6. The molecule has 0 N–H and O–H groups in total. The lowest BCUT2D eigenvalue weighted by atomic mass is 9.97. The minimum Gasteiger partial charge on any atom is -0.463 e. The molecule has 0 saturated carbocycles. The van der Waals surface area contributed by atoms with Gasteiger partial charge in [0.2, 0.25) is 24.6 Å². The van der Waals surface area contributed by atoms with Crippen molar-refractivity contribution in [1.82, 2.24) is 0 Å². The number of ether oxygens (including phenoxy) is 8. The van der Waals surface area contributed by atoms with Gasteiger partial charge in [0.1, 0.15) is 29.8 Å². The molecule has 2 aromatic carbocycles. The fourth-order valence-corrected chi connectivity index (χ4v) is 5.56. The summed E-state index contributed by atoms with van der Waals surface area (Å²) in [4.78, 5) is 62.0. The maximum atomic E-state index is 13.8. The first kappa shape index (κ1) is 33.3. The highest BCUT2D eigenvalue weighted by Gasteiger charge is 2.53. The Morgan fingerprint density at radius 3 is 2.15 bits per heavy atom.